The maximum Gasteiger partial charge on any atom is 0.337 e. The van der Waals surface area contributed by atoms with E-state index >= 15 is 0 Å². The van der Waals surface area contributed by atoms with E-state index in [9.17, 15) is 9.59 Å². The van der Waals surface area contributed by atoms with Gasteiger partial charge in [0.2, 0.25) is 5.91 Å². The predicted octanol–water partition coefficient (Wildman–Crippen LogP) is 0.746. The van der Waals surface area contributed by atoms with Gasteiger partial charge in [0.05, 0.1) is 24.0 Å². The number of benzene rings is 1. The van der Waals surface area contributed by atoms with Crippen molar-refractivity contribution >= 4 is 23.3 Å². The molecule has 0 saturated carbocycles. The van der Waals surface area contributed by atoms with Crippen molar-refractivity contribution < 1.29 is 14.3 Å². The molecule has 0 aliphatic carbocycles. The summed E-state index contributed by atoms with van der Waals surface area (Å²) in [6.07, 6.45) is 1.28. The minimum atomic E-state index is -0.414. The average molecular weight is 263 g/mol. The van der Waals surface area contributed by atoms with Gasteiger partial charge in [0.15, 0.2) is 0 Å². The number of nitrogens with two attached hydrogens (primary N) is 1. The summed E-state index contributed by atoms with van der Waals surface area (Å²) in [5.74, 6) is -0.338. The molecule has 2 rings (SSSR count). The minimum absolute atomic E-state index is 0.0760. The molecule has 1 unspecified atom stereocenters. The van der Waals surface area contributed by atoms with Gasteiger partial charge in [-0.1, -0.05) is 0 Å². The lowest BCUT2D eigenvalue weighted by Crippen LogP contribution is -2.41. The van der Waals surface area contributed by atoms with Gasteiger partial charge in [-0.2, -0.15) is 0 Å². The number of ether oxygens (including phenoxy) is 1. The second-order valence-electron chi connectivity index (χ2n) is 4.48. The first-order valence-electron chi connectivity index (χ1n) is 6.11. The summed E-state index contributed by atoms with van der Waals surface area (Å²) >= 11 is 0. The number of rotatable bonds is 3. The lowest BCUT2D eigenvalue weighted by molar-refractivity contribution is -0.122. The van der Waals surface area contributed by atoms with Crippen molar-refractivity contribution in [1.29, 1.82) is 0 Å². The lowest BCUT2D eigenvalue weighted by atomic mass is 10.1. The molecule has 1 saturated heterocycles. The van der Waals surface area contributed by atoms with Crippen molar-refractivity contribution in [3.63, 3.8) is 0 Å². The van der Waals surface area contributed by atoms with E-state index in [4.69, 9.17) is 5.73 Å². The van der Waals surface area contributed by atoms with Gasteiger partial charge < -0.3 is 21.1 Å². The van der Waals surface area contributed by atoms with Gasteiger partial charge >= 0.3 is 5.97 Å². The standard InChI is InChI=1S/C13H17N3O3/c1-19-13(18)8-2-4-11(10(14)6-8)16-9-3-5-12(17)15-7-9/h2,4,6,9,16H,3,5,7,14H2,1H3,(H,15,17). The number of nitrogens with one attached hydrogen (secondary N) is 2. The van der Waals surface area contributed by atoms with Crippen LogP contribution in [0.1, 0.15) is 23.2 Å². The summed E-state index contributed by atoms with van der Waals surface area (Å²) in [5.41, 5.74) is 7.56. The molecule has 1 amide bonds. The van der Waals surface area contributed by atoms with Crippen molar-refractivity contribution in [3.8, 4) is 0 Å². The topological polar surface area (TPSA) is 93.4 Å². The second kappa shape index (κ2) is 5.60. The van der Waals surface area contributed by atoms with E-state index in [-0.39, 0.29) is 11.9 Å². The highest BCUT2D eigenvalue weighted by Gasteiger charge is 2.18. The van der Waals surface area contributed by atoms with Crippen LogP contribution in [-0.4, -0.2) is 31.6 Å². The number of nitrogen functional groups attached to an aromatic ring is 1. The van der Waals surface area contributed by atoms with Crippen LogP contribution >= 0.6 is 0 Å². The third-order valence-corrected chi connectivity index (χ3v) is 3.10. The molecule has 1 aromatic carbocycles. The summed E-state index contributed by atoms with van der Waals surface area (Å²) < 4.78 is 4.63. The molecule has 102 valence electrons. The third kappa shape index (κ3) is 3.15. The summed E-state index contributed by atoms with van der Waals surface area (Å²) in [5, 5.41) is 6.06. The third-order valence-electron chi connectivity index (χ3n) is 3.10. The highest BCUT2D eigenvalue weighted by atomic mass is 16.5. The Kier molecular flexibility index (Phi) is 3.89. The summed E-state index contributed by atoms with van der Waals surface area (Å²) in [7, 11) is 1.33. The molecule has 1 fully saturated rings. The Hall–Kier alpha value is -2.24. The zero-order valence-corrected chi connectivity index (χ0v) is 10.7. The molecule has 4 N–H and O–H groups in total. The highest BCUT2D eigenvalue weighted by molar-refractivity contribution is 5.91. The number of piperidine rings is 1. The van der Waals surface area contributed by atoms with Crippen LogP contribution in [0.2, 0.25) is 0 Å². The molecule has 1 heterocycles. The lowest BCUT2D eigenvalue weighted by Gasteiger charge is -2.25. The van der Waals surface area contributed by atoms with E-state index in [1.807, 2.05) is 0 Å². The first-order chi connectivity index (χ1) is 9.10. The monoisotopic (exact) mass is 263 g/mol. The van der Waals surface area contributed by atoms with Crippen LogP contribution in [-0.2, 0) is 9.53 Å². The Morgan fingerprint density at radius 1 is 1.53 bits per heavy atom. The minimum Gasteiger partial charge on any atom is -0.465 e. The summed E-state index contributed by atoms with van der Waals surface area (Å²) in [6.45, 7) is 0.580. The fourth-order valence-corrected chi connectivity index (χ4v) is 2.01. The van der Waals surface area contributed by atoms with Crippen LogP contribution in [0, 0.1) is 0 Å². The number of amides is 1. The molecule has 1 atom stereocenters. The largest absolute Gasteiger partial charge is 0.465 e. The fraction of sp³-hybridized carbons (Fsp3) is 0.385. The van der Waals surface area contributed by atoms with Gasteiger partial charge in [0, 0.05) is 19.0 Å². The van der Waals surface area contributed by atoms with E-state index in [0.29, 0.717) is 24.2 Å². The van der Waals surface area contributed by atoms with E-state index in [1.54, 1.807) is 18.2 Å². The number of carbonyl (C=O) groups excluding carboxylic acids is 2. The highest BCUT2D eigenvalue weighted by Crippen LogP contribution is 2.22. The zero-order chi connectivity index (χ0) is 13.8. The number of hydrogen-bond donors (Lipinski definition) is 3. The fourth-order valence-electron chi connectivity index (χ4n) is 2.01. The van der Waals surface area contributed by atoms with E-state index in [0.717, 1.165) is 12.1 Å². The first kappa shape index (κ1) is 13.2. The van der Waals surface area contributed by atoms with Crippen LogP contribution in [0.3, 0.4) is 0 Å². The smallest absolute Gasteiger partial charge is 0.337 e. The van der Waals surface area contributed by atoms with E-state index in [1.165, 1.54) is 7.11 Å². The quantitative estimate of drug-likeness (QED) is 0.552. The zero-order valence-electron chi connectivity index (χ0n) is 10.7. The van der Waals surface area contributed by atoms with Crippen LogP contribution in [0.5, 0.6) is 0 Å². The van der Waals surface area contributed by atoms with Gasteiger partial charge in [-0.25, -0.2) is 4.79 Å². The van der Waals surface area contributed by atoms with Crippen molar-refractivity contribution in [2.45, 2.75) is 18.9 Å². The predicted molar refractivity (Wildman–Crippen MR) is 71.8 cm³/mol. The van der Waals surface area contributed by atoms with Crippen LogP contribution < -0.4 is 16.4 Å². The SMILES string of the molecule is COC(=O)c1ccc(NC2CCC(=O)NC2)c(N)c1. The molecule has 19 heavy (non-hydrogen) atoms. The normalized spacial score (nSPS) is 18.6. The van der Waals surface area contributed by atoms with Gasteiger partial charge in [0.1, 0.15) is 0 Å². The van der Waals surface area contributed by atoms with E-state index < -0.39 is 5.97 Å². The number of methoxy groups -OCH3 is 1. The maximum atomic E-state index is 11.4. The molecule has 6 nitrogen and oxygen atoms in total. The molecule has 0 radical (unpaired) electrons. The first-order valence-corrected chi connectivity index (χ1v) is 6.11. The molecular weight excluding hydrogens is 246 g/mol. The maximum absolute atomic E-state index is 11.4. The van der Waals surface area contributed by atoms with Crippen molar-refractivity contribution in [1.82, 2.24) is 5.32 Å². The van der Waals surface area contributed by atoms with Gasteiger partial charge in [-0.05, 0) is 24.6 Å². The molecular formula is C13H17N3O3. The molecule has 6 heteroatoms. The Labute approximate surface area is 111 Å². The molecule has 0 aromatic heterocycles. The van der Waals surface area contributed by atoms with E-state index in [2.05, 4.69) is 15.4 Å². The van der Waals surface area contributed by atoms with Crippen LogP contribution in [0.4, 0.5) is 11.4 Å². The van der Waals surface area contributed by atoms with Crippen molar-refractivity contribution in [3.05, 3.63) is 23.8 Å². The van der Waals surface area contributed by atoms with Gasteiger partial charge in [0.25, 0.3) is 0 Å². The molecule has 1 aromatic rings. The molecule has 0 spiro atoms. The summed E-state index contributed by atoms with van der Waals surface area (Å²) in [4.78, 5) is 22.4. The molecule has 1 aliphatic heterocycles. The van der Waals surface area contributed by atoms with Crippen LogP contribution in [0.25, 0.3) is 0 Å². The Morgan fingerprint density at radius 3 is 2.89 bits per heavy atom. The second-order valence-corrected chi connectivity index (χ2v) is 4.48. The average Bonchev–Trinajstić information content (AvgIpc) is 2.42. The van der Waals surface area contributed by atoms with Gasteiger partial charge in [-0.15, -0.1) is 0 Å². The Balaban J connectivity index is 2.05. The Morgan fingerprint density at radius 2 is 2.32 bits per heavy atom. The number of carbonyl (C=O) groups is 2. The molecule has 0 bridgehead atoms. The molecule has 1 aliphatic rings. The number of esters is 1. The van der Waals surface area contributed by atoms with Crippen LogP contribution in [0.15, 0.2) is 18.2 Å². The van der Waals surface area contributed by atoms with Crippen molar-refractivity contribution in [2.75, 3.05) is 24.7 Å². The number of hydrogen-bond acceptors (Lipinski definition) is 5. The summed E-state index contributed by atoms with van der Waals surface area (Å²) in [6, 6.07) is 5.14. The number of anilines is 2. The Bertz CT molecular complexity index is 492. The van der Waals surface area contributed by atoms with Gasteiger partial charge in [-0.3, -0.25) is 4.79 Å². The van der Waals surface area contributed by atoms with Crippen molar-refractivity contribution in [2.24, 2.45) is 0 Å².